The van der Waals surface area contributed by atoms with E-state index in [2.05, 4.69) is 25.9 Å². The van der Waals surface area contributed by atoms with Crippen molar-refractivity contribution in [3.8, 4) is 5.88 Å². The highest BCUT2D eigenvalue weighted by Gasteiger charge is 2.08. The van der Waals surface area contributed by atoms with E-state index in [9.17, 15) is 9.90 Å². The van der Waals surface area contributed by atoms with Gasteiger partial charge in [0.25, 0.3) is 5.56 Å². The highest BCUT2D eigenvalue weighted by atomic mass is 127. The second-order valence-corrected chi connectivity index (χ2v) is 6.32. The number of aromatic hydroxyl groups is 1. The molecule has 2 rings (SSSR count). The summed E-state index contributed by atoms with van der Waals surface area (Å²) in [5.41, 5.74) is -0.314. The normalized spacial score (nSPS) is 10.6. The number of hydrogen-bond acceptors (Lipinski definition) is 4. The van der Waals surface area contributed by atoms with Crippen molar-refractivity contribution in [1.82, 2.24) is 9.97 Å². The van der Waals surface area contributed by atoms with Crippen LogP contribution in [0.25, 0.3) is 0 Å². The number of aromatic nitrogens is 2. The summed E-state index contributed by atoms with van der Waals surface area (Å²) < 4.78 is 1.20. The molecule has 0 spiro atoms. The smallest absolute Gasteiger partial charge is 0.268 e. The van der Waals surface area contributed by atoms with Gasteiger partial charge in [-0.1, -0.05) is 12.1 Å². The molecule has 2 aromatic rings. The number of thioether (sulfide) groups is 1. The maximum Gasteiger partial charge on any atom is 0.268 e. The van der Waals surface area contributed by atoms with Crippen LogP contribution in [0.2, 0.25) is 0 Å². The third-order valence-corrected chi connectivity index (χ3v) is 5.11. The lowest BCUT2D eigenvalue weighted by molar-refractivity contribution is 0.444. The summed E-state index contributed by atoms with van der Waals surface area (Å²) in [6.07, 6.45) is 0. The highest BCUT2D eigenvalue weighted by molar-refractivity contribution is 14.1. The number of nitrogens with one attached hydrogen (secondary N) is 1. The summed E-state index contributed by atoms with van der Waals surface area (Å²) >= 11 is 6.74. The van der Waals surface area contributed by atoms with Crippen LogP contribution in [-0.2, 0) is 5.75 Å². The molecule has 0 bridgehead atoms. The number of hydrogen-bond donors (Lipinski definition) is 2. The maximum atomic E-state index is 11.5. The standard InChI is InChI=1S/C11H8BrIN2O2S/c12-6-3-1-2-4-7(6)18-5-8-14-10(16)9(13)11(17)15-8/h1-4H,5H2,(H2,14,15,16,17). The first-order valence-electron chi connectivity index (χ1n) is 4.93. The topological polar surface area (TPSA) is 66.0 Å². The van der Waals surface area contributed by atoms with E-state index in [1.165, 1.54) is 11.8 Å². The van der Waals surface area contributed by atoms with Crippen LogP contribution in [0.5, 0.6) is 5.88 Å². The van der Waals surface area contributed by atoms with Gasteiger partial charge in [-0.25, -0.2) is 0 Å². The summed E-state index contributed by atoms with van der Waals surface area (Å²) in [6.45, 7) is 0. The van der Waals surface area contributed by atoms with Gasteiger partial charge >= 0.3 is 0 Å². The number of rotatable bonds is 3. The van der Waals surface area contributed by atoms with E-state index in [1.807, 2.05) is 24.3 Å². The Labute approximate surface area is 130 Å². The Balaban J connectivity index is 2.17. The number of nitrogens with zero attached hydrogens (tertiary/aromatic N) is 1. The fraction of sp³-hybridized carbons (Fsp3) is 0.0909. The van der Waals surface area contributed by atoms with E-state index in [0.29, 0.717) is 11.6 Å². The lowest BCUT2D eigenvalue weighted by atomic mass is 10.4. The van der Waals surface area contributed by atoms with Crippen LogP contribution in [0.1, 0.15) is 5.82 Å². The molecule has 94 valence electrons. The first-order chi connectivity index (χ1) is 8.58. The third-order valence-electron chi connectivity index (χ3n) is 2.10. The van der Waals surface area contributed by atoms with Crippen LogP contribution in [0.3, 0.4) is 0 Å². The summed E-state index contributed by atoms with van der Waals surface area (Å²) in [7, 11) is 0. The van der Waals surface area contributed by atoms with Crippen molar-refractivity contribution in [1.29, 1.82) is 0 Å². The van der Waals surface area contributed by atoms with Crippen LogP contribution in [0.15, 0.2) is 38.4 Å². The van der Waals surface area contributed by atoms with Crippen molar-refractivity contribution in [2.45, 2.75) is 10.6 Å². The highest BCUT2D eigenvalue weighted by Crippen LogP contribution is 2.29. The van der Waals surface area contributed by atoms with Crippen molar-refractivity contribution in [3.63, 3.8) is 0 Å². The maximum absolute atomic E-state index is 11.5. The number of H-pyrrole nitrogens is 1. The van der Waals surface area contributed by atoms with Gasteiger partial charge in [-0.2, -0.15) is 4.98 Å². The Hall–Kier alpha value is -0.540. The van der Waals surface area contributed by atoms with Crippen molar-refractivity contribution in [2.24, 2.45) is 0 Å². The molecule has 7 heteroatoms. The second kappa shape index (κ2) is 6.07. The van der Waals surface area contributed by atoms with Crippen LogP contribution in [0.4, 0.5) is 0 Å². The molecular formula is C11H8BrIN2O2S. The van der Waals surface area contributed by atoms with Crippen molar-refractivity contribution in [2.75, 3.05) is 0 Å². The van der Waals surface area contributed by atoms with Crippen LogP contribution >= 0.6 is 50.3 Å². The third kappa shape index (κ3) is 3.27. The van der Waals surface area contributed by atoms with Gasteiger partial charge < -0.3 is 10.1 Å². The molecule has 1 heterocycles. The van der Waals surface area contributed by atoms with Crippen molar-refractivity contribution in [3.05, 3.63) is 48.5 Å². The fourth-order valence-corrected chi connectivity index (χ4v) is 2.96. The first-order valence-corrected chi connectivity index (χ1v) is 7.78. The lowest BCUT2D eigenvalue weighted by Gasteiger charge is -2.04. The molecule has 0 saturated carbocycles. The molecule has 0 unspecified atom stereocenters. The van der Waals surface area contributed by atoms with E-state index in [1.54, 1.807) is 22.6 Å². The van der Waals surface area contributed by atoms with Gasteiger partial charge in [0.05, 0.1) is 5.75 Å². The largest absolute Gasteiger partial charge is 0.492 e. The molecule has 4 nitrogen and oxygen atoms in total. The number of benzene rings is 1. The molecule has 0 aliphatic carbocycles. The molecule has 0 amide bonds. The molecule has 0 aliphatic rings. The van der Waals surface area contributed by atoms with Gasteiger partial charge in [0, 0.05) is 9.37 Å². The van der Waals surface area contributed by atoms with E-state index in [0.717, 1.165) is 9.37 Å². The molecular weight excluding hydrogens is 431 g/mol. The molecule has 0 aliphatic heterocycles. The van der Waals surface area contributed by atoms with Gasteiger partial charge in [0.15, 0.2) is 0 Å². The molecule has 0 radical (unpaired) electrons. The average Bonchev–Trinajstić information content (AvgIpc) is 2.35. The fourth-order valence-electron chi connectivity index (χ4n) is 1.27. The molecule has 0 saturated heterocycles. The minimum atomic E-state index is -0.314. The van der Waals surface area contributed by atoms with E-state index in [4.69, 9.17) is 0 Å². The van der Waals surface area contributed by atoms with Crippen molar-refractivity contribution >= 4 is 50.3 Å². The molecule has 1 aromatic carbocycles. The minimum Gasteiger partial charge on any atom is -0.492 e. The minimum absolute atomic E-state index is 0.210. The summed E-state index contributed by atoms with van der Waals surface area (Å²) in [6, 6.07) is 7.79. The summed E-state index contributed by atoms with van der Waals surface area (Å²) in [5, 5.41) is 9.48. The predicted molar refractivity (Wildman–Crippen MR) is 82.9 cm³/mol. The summed E-state index contributed by atoms with van der Waals surface area (Å²) in [4.78, 5) is 19.1. The van der Waals surface area contributed by atoms with Crippen LogP contribution in [-0.4, -0.2) is 15.1 Å². The summed E-state index contributed by atoms with van der Waals surface area (Å²) in [5.74, 6) is 0.725. The van der Waals surface area contributed by atoms with Crippen LogP contribution < -0.4 is 5.56 Å². The van der Waals surface area contributed by atoms with E-state index < -0.39 is 0 Å². The Morgan fingerprint density at radius 2 is 2.17 bits per heavy atom. The zero-order chi connectivity index (χ0) is 13.1. The zero-order valence-corrected chi connectivity index (χ0v) is 13.5. The quantitative estimate of drug-likeness (QED) is 0.570. The first kappa shape index (κ1) is 13.9. The zero-order valence-electron chi connectivity index (χ0n) is 8.98. The van der Waals surface area contributed by atoms with Gasteiger partial charge in [0.2, 0.25) is 5.88 Å². The molecule has 2 N–H and O–H groups in total. The van der Waals surface area contributed by atoms with Gasteiger partial charge in [-0.05, 0) is 50.7 Å². The predicted octanol–water partition coefficient (Wildman–Crippen LogP) is 3.13. The SMILES string of the molecule is O=c1[nH]c(CSc2ccccc2Br)nc(O)c1I. The number of halogens is 2. The number of aromatic amines is 1. The molecule has 0 atom stereocenters. The van der Waals surface area contributed by atoms with Gasteiger partial charge in [-0.3, -0.25) is 4.79 Å². The molecule has 0 fully saturated rings. The monoisotopic (exact) mass is 438 g/mol. The lowest BCUT2D eigenvalue weighted by Crippen LogP contribution is -2.13. The van der Waals surface area contributed by atoms with Crippen molar-refractivity contribution < 1.29 is 5.11 Å². The molecule has 1 aromatic heterocycles. The van der Waals surface area contributed by atoms with E-state index in [-0.39, 0.29) is 15.0 Å². The Bertz CT molecular complexity index is 633. The van der Waals surface area contributed by atoms with Crippen LogP contribution in [0, 0.1) is 3.57 Å². The Kier molecular flexibility index (Phi) is 4.68. The van der Waals surface area contributed by atoms with Gasteiger partial charge in [0.1, 0.15) is 9.39 Å². The Morgan fingerprint density at radius 3 is 2.83 bits per heavy atom. The van der Waals surface area contributed by atoms with E-state index >= 15 is 0 Å². The molecule has 18 heavy (non-hydrogen) atoms. The second-order valence-electron chi connectivity index (χ2n) is 3.37. The van der Waals surface area contributed by atoms with Gasteiger partial charge in [-0.15, -0.1) is 11.8 Å². The Morgan fingerprint density at radius 1 is 1.44 bits per heavy atom. The average molecular weight is 439 g/mol.